The molecular weight excluding hydrogens is 252 g/mol. The molecule has 0 radical (unpaired) electrons. The highest BCUT2D eigenvalue weighted by Gasteiger charge is 2.17. The van der Waals surface area contributed by atoms with Gasteiger partial charge in [-0.25, -0.2) is 0 Å². The summed E-state index contributed by atoms with van der Waals surface area (Å²) in [6, 6.07) is 12.6. The molecule has 0 saturated heterocycles. The molecule has 0 atom stereocenters. The summed E-state index contributed by atoms with van der Waals surface area (Å²) in [5.74, 6) is -0.213. The van der Waals surface area contributed by atoms with Gasteiger partial charge in [-0.2, -0.15) is 0 Å². The summed E-state index contributed by atoms with van der Waals surface area (Å²) in [6.07, 6.45) is 0. The monoisotopic (exact) mass is 270 g/mol. The fourth-order valence-electron chi connectivity index (χ4n) is 1.99. The lowest BCUT2D eigenvalue weighted by Crippen LogP contribution is -2.26. The third kappa shape index (κ3) is 2.65. The van der Waals surface area contributed by atoms with Gasteiger partial charge in [0.2, 0.25) is 0 Å². The summed E-state index contributed by atoms with van der Waals surface area (Å²) in [5.41, 5.74) is 8.30. The van der Waals surface area contributed by atoms with E-state index in [1.165, 1.54) is 4.90 Å². The Morgan fingerprint density at radius 3 is 2.45 bits per heavy atom. The van der Waals surface area contributed by atoms with Crippen molar-refractivity contribution >= 4 is 11.6 Å². The molecule has 0 heterocycles. The second-order valence-corrected chi connectivity index (χ2v) is 4.71. The zero-order valence-electron chi connectivity index (χ0n) is 11.6. The minimum absolute atomic E-state index is 0.0305. The van der Waals surface area contributed by atoms with Crippen molar-refractivity contribution < 1.29 is 9.90 Å². The van der Waals surface area contributed by atoms with Crippen molar-refractivity contribution in [3.8, 4) is 5.75 Å². The van der Waals surface area contributed by atoms with Crippen LogP contribution in [-0.4, -0.2) is 18.1 Å². The Morgan fingerprint density at radius 1 is 1.20 bits per heavy atom. The number of aromatic hydroxyl groups is 1. The topological polar surface area (TPSA) is 66.6 Å². The minimum Gasteiger partial charge on any atom is -0.507 e. The molecule has 0 fully saturated rings. The van der Waals surface area contributed by atoms with Crippen LogP contribution in [0.3, 0.4) is 0 Å². The van der Waals surface area contributed by atoms with Gasteiger partial charge in [0.15, 0.2) is 0 Å². The zero-order chi connectivity index (χ0) is 14.7. The first kappa shape index (κ1) is 14.1. The van der Waals surface area contributed by atoms with Crippen LogP contribution in [-0.2, 0) is 6.54 Å². The molecule has 0 aliphatic rings. The quantitative estimate of drug-likeness (QED) is 0.900. The van der Waals surface area contributed by atoms with Gasteiger partial charge in [-0.3, -0.25) is 4.79 Å². The first-order valence-corrected chi connectivity index (χ1v) is 6.40. The molecule has 0 aromatic heterocycles. The van der Waals surface area contributed by atoms with Crippen molar-refractivity contribution in [2.75, 3.05) is 11.9 Å². The van der Waals surface area contributed by atoms with Crippen LogP contribution in [0.15, 0.2) is 42.5 Å². The summed E-state index contributed by atoms with van der Waals surface area (Å²) in [7, 11) is 1.68. The molecule has 0 spiro atoms. The fourth-order valence-corrected chi connectivity index (χ4v) is 1.99. The van der Waals surface area contributed by atoms with Gasteiger partial charge in [0.25, 0.3) is 5.91 Å². The lowest BCUT2D eigenvalue weighted by atomic mass is 10.1. The van der Waals surface area contributed by atoms with Crippen LogP contribution in [0, 0.1) is 6.92 Å². The van der Waals surface area contributed by atoms with E-state index in [2.05, 4.69) is 0 Å². The van der Waals surface area contributed by atoms with E-state index in [-0.39, 0.29) is 11.7 Å². The molecule has 0 unspecified atom stereocenters. The van der Waals surface area contributed by atoms with Crippen LogP contribution >= 0.6 is 0 Å². The van der Waals surface area contributed by atoms with Crippen molar-refractivity contribution in [2.24, 2.45) is 5.73 Å². The van der Waals surface area contributed by atoms with Crippen molar-refractivity contribution in [3.63, 3.8) is 0 Å². The molecule has 0 saturated carbocycles. The van der Waals surface area contributed by atoms with Crippen LogP contribution < -0.4 is 10.6 Å². The zero-order valence-corrected chi connectivity index (χ0v) is 11.6. The number of aryl methyl sites for hydroxylation is 1. The molecule has 2 rings (SSSR count). The van der Waals surface area contributed by atoms with Crippen molar-refractivity contribution in [1.82, 2.24) is 0 Å². The molecule has 4 nitrogen and oxygen atoms in total. The Balaban J connectivity index is 2.29. The first-order valence-electron chi connectivity index (χ1n) is 6.40. The molecule has 104 valence electrons. The van der Waals surface area contributed by atoms with Gasteiger partial charge in [-0.05, 0) is 36.2 Å². The average Bonchev–Trinajstić information content (AvgIpc) is 2.48. The van der Waals surface area contributed by atoms with Crippen LogP contribution in [0.25, 0.3) is 0 Å². The van der Waals surface area contributed by atoms with Crippen molar-refractivity contribution in [3.05, 3.63) is 59.2 Å². The molecule has 2 aromatic carbocycles. The summed E-state index contributed by atoms with van der Waals surface area (Å²) in [4.78, 5) is 13.9. The van der Waals surface area contributed by atoms with Gasteiger partial charge in [0, 0.05) is 19.3 Å². The summed E-state index contributed by atoms with van der Waals surface area (Å²) in [5, 5.41) is 9.98. The van der Waals surface area contributed by atoms with E-state index in [4.69, 9.17) is 5.73 Å². The molecule has 20 heavy (non-hydrogen) atoms. The predicted octanol–water partition coefficient (Wildman–Crippen LogP) is 2.44. The first-order chi connectivity index (χ1) is 9.54. The standard InChI is InChI=1S/C16H18N2O2/c1-11-4-3-5-14(15(11)19)16(20)18(2)13-8-6-12(10-17)7-9-13/h3-9,19H,10,17H2,1-2H3. The number of phenolic OH excluding ortho intramolecular Hbond substituents is 1. The number of carbonyl (C=O) groups excluding carboxylic acids is 1. The summed E-state index contributed by atoms with van der Waals surface area (Å²) < 4.78 is 0. The van der Waals surface area contributed by atoms with Gasteiger partial charge in [-0.1, -0.05) is 24.3 Å². The maximum Gasteiger partial charge on any atom is 0.261 e. The average molecular weight is 270 g/mol. The number of carbonyl (C=O) groups is 1. The summed E-state index contributed by atoms with van der Waals surface area (Å²) in [6.45, 7) is 2.23. The molecule has 0 aliphatic heterocycles. The Kier molecular flexibility index (Phi) is 4.05. The fraction of sp³-hybridized carbons (Fsp3) is 0.188. The predicted molar refractivity (Wildman–Crippen MR) is 79.9 cm³/mol. The molecular formula is C16H18N2O2. The van der Waals surface area contributed by atoms with Crippen molar-refractivity contribution in [2.45, 2.75) is 13.5 Å². The second kappa shape index (κ2) is 5.75. The second-order valence-electron chi connectivity index (χ2n) is 4.71. The molecule has 2 aromatic rings. The lowest BCUT2D eigenvalue weighted by Gasteiger charge is -2.18. The van der Waals surface area contributed by atoms with E-state index >= 15 is 0 Å². The number of benzene rings is 2. The lowest BCUT2D eigenvalue weighted by molar-refractivity contribution is 0.0990. The van der Waals surface area contributed by atoms with E-state index in [9.17, 15) is 9.90 Å². The van der Waals surface area contributed by atoms with E-state index < -0.39 is 0 Å². The third-order valence-electron chi connectivity index (χ3n) is 3.33. The Labute approximate surface area is 118 Å². The number of amides is 1. The van der Waals surface area contributed by atoms with E-state index in [1.54, 1.807) is 32.2 Å². The third-order valence-corrected chi connectivity index (χ3v) is 3.33. The number of rotatable bonds is 3. The number of anilines is 1. The summed E-state index contributed by atoms with van der Waals surface area (Å²) >= 11 is 0. The number of hydrogen-bond acceptors (Lipinski definition) is 3. The number of hydrogen-bond donors (Lipinski definition) is 2. The number of phenols is 1. The number of para-hydroxylation sites is 1. The number of nitrogens with two attached hydrogens (primary N) is 1. The number of nitrogens with zero attached hydrogens (tertiary/aromatic N) is 1. The maximum absolute atomic E-state index is 12.4. The molecule has 4 heteroatoms. The molecule has 0 aliphatic carbocycles. The van der Waals surface area contributed by atoms with E-state index in [0.29, 0.717) is 17.7 Å². The molecule has 0 bridgehead atoms. The highest BCUT2D eigenvalue weighted by Crippen LogP contribution is 2.24. The van der Waals surface area contributed by atoms with Crippen LogP contribution in [0.2, 0.25) is 0 Å². The Bertz CT molecular complexity index is 621. The van der Waals surface area contributed by atoms with E-state index in [1.807, 2.05) is 24.3 Å². The highest BCUT2D eigenvalue weighted by atomic mass is 16.3. The largest absolute Gasteiger partial charge is 0.507 e. The molecule has 1 amide bonds. The van der Waals surface area contributed by atoms with Gasteiger partial charge in [0.1, 0.15) is 5.75 Å². The van der Waals surface area contributed by atoms with Gasteiger partial charge in [0.05, 0.1) is 5.56 Å². The Morgan fingerprint density at radius 2 is 1.85 bits per heavy atom. The van der Waals surface area contributed by atoms with Crippen LogP contribution in [0.1, 0.15) is 21.5 Å². The normalized spacial score (nSPS) is 10.3. The van der Waals surface area contributed by atoms with Gasteiger partial charge < -0.3 is 15.7 Å². The Hall–Kier alpha value is -2.33. The smallest absolute Gasteiger partial charge is 0.261 e. The maximum atomic E-state index is 12.4. The van der Waals surface area contributed by atoms with Gasteiger partial charge in [-0.15, -0.1) is 0 Å². The highest BCUT2D eigenvalue weighted by molar-refractivity contribution is 6.07. The minimum atomic E-state index is -0.244. The van der Waals surface area contributed by atoms with Crippen molar-refractivity contribution in [1.29, 1.82) is 0 Å². The SMILES string of the molecule is Cc1cccc(C(=O)N(C)c2ccc(CN)cc2)c1O. The van der Waals surface area contributed by atoms with Crippen LogP contribution in [0.5, 0.6) is 5.75 Å². The molecule has 3 N–H and O–H groups in total. The van der Waals surface area contributed by atoms with E-state index in [0.717, 1.165) is 11.3 Å². The van der Waals surface area contributed by atoms with Crippen LogP contribution in [0.4, 0.5) is 5.69 Å². The van der Waals surface area contributed by atoms with Gasteiger partial charge >= 0.3 is 0 Å².